The Balaban J connectivity index is 1.68. The molecule has 1 aliphatic rings. The van der Waals surface area contributed by atoms with Crippen LogP contribution < -0.4 is 10.0 Å². The van der Waals surface area contributed by atoms with E-state index in [1.165, 1.54) is 18.3 Å². The van der Waals surface area contributed by atoms with Gasteiger partial charge in [-0.25, -0.2) is 8.42 Å². The van der Waals surface area contributed by atoms with Crippen molar-refractivity contribution in [2.75, 3.05) is 4.72 Å². The molecule has 0 unspecified atom stereocenters. The van der Waals surface area contributed by atoms with Gasteiger partial charge in [-0.3, -0.25) is 14.5 Å². The molecule has 2 N–H and O–H groups in total. The predicted molar refractivity (Wildman–Crippen MR) is 96.5 cm³/mol. The number of pyridine rings is 1. The number of benzene rings is 1. The van der Waals surface area contributed by atoms with Crippen LogP contribution in [0.4, 0.5) is 5.69 Å². The maximum absolute atomic E-state index is 12.6. The molecule has 0 spiro atoms. The van der Waals surface area contributed by atoms with Crippen molar-refractivity contribution < 1.29 is 17.6 Å². The fourth-order valence-corrected chi connectivity index (χ4v) is 3.77. The van der Waals surface area contributed by atoms with Gasteiger partial charge >= 0.3 is 0 Å². The van der Waals surface area contributed by atoms with Gasteiger partial charge in [0.2, 0.25) is 0 Å². The minimum Gasteiger partial charge on any atom is -0.451 e. The molecular formula is C18H17N3O4S. The van der Waals surface area contributed by atoms with Gasteiger partial charge in [0.15, 0.2) is 5.76 Å². The first-order chi connectivity index (χ1) is 12.4. The van der Waals surface area contributed by atoms with E-state index in [1.54, 1.807) is 31.3 Å². The Bertz CT molecular complexity index is 1090. The van der Waals surface area contributed by atoms with E-state index in [0.29, 0.717) is 22.2 Å². The number of rotatable bonds is 5. The van der Waals surface area contributed by atoms with Crippen LogP contribution in [0.15, 0.2) is 52.0 Å². The summed E-state index contributed by atoms with van der Waals surface area (Å²) in [6.45, 7) is 1.75. The SMILES string of the molecule is Cc1c(C(=O)NC2CC2)oc2ccc(S(=O)(=O)Nc3cccnc3)cc12. The van der Waals surface area contributed by atoms with Crippen molar-refractivity contribution in [2.45, 2.75) is 30.7 Å². The van der Waals surface area contributed by atoms with Gasteiger partial charge in [-0.2, -0.15) is 0 Å². The van der Waals surface area contributed by atoms with Gasteiger partial charge in [-0.1, -0.05) is 0 Å². The number of aromatic nitrogens is 1. The lowest BCUT2D eigenvalue weighted by molar-refractivity contribution is 0.0924. The molecule has 0 atom stereocenters. The number of fused-ring (bicyclic) bond motifs is 1. The molecule has 0 aliphatic heterocycles. The van der Waals surface area contributed by atoms with E-state index < -0.39 is 10.0 Å². The van der Waals surface area contributed by atoms with Gasteiger partial charge in [0.05, 0.1) is 16.8 Å². The zero-order chi connectivity index (χ0) is 18.3. The summed E-state index contributed by atoms with van der Waals surface area (Å²) in [6.07, 6.45) is 4.95. The van der Waals surface area contributed by atoms with Crippen LogP contribution in [-0.4, -0.2) is 25.4 Å². The summed E-state index contributed by atoms with van der Waals surface area (Å²) in [7, 11) is -3.77. The molecule has 7 nitrogen and oxygen atoms in total. The zero-order valence-corrected chi connectivity index (χ0v) is 14.8. The van der Waals surface area contributed by atoms with Crippen molar-refractivity contribution in [1.82, 2.24) is 10.3 Å². The average molecular weight is 371 g/mol. The predicted octanol–water partition coefficient (Wildman–Crippen LogP) is 2.83. The minimum absolute atomic E-state index is 0.0897. The second-order valence-corrected chi connectivity index (χ2v) is 7.99. The fourth-order valence-electron chi connectivity index (χ4n) is 2.70. The number of hydrogen-bond donors (Lipinski definition) is 2. The highest BCUT2D eigenvalue weighted by molar-refractivity contribution is 7.92. The zero-order valence-electron chi connectivity index (χ0n) is 14.0. The molecule has 2 heterocycles. The molecule has 26 heavy (non-hydrogen) atoms. The molecule has 3 aromatic rings. The first-order valence-corrected chi connectivity index (χ1v) is 9.69. The summed E-state index contributed by atoms with van der Waals surface area (Å²) < 4.78 is 33.3. The number of aryl methyl sites for hydroxylation is 1. The van der Waals surface area contributed by atoms with Crippen molar-refractivity contribution in [1.29, 1.82) is 0 Å². The highest BCUT2D eigenvalue weighted by Crippen LogP contribution is 2.29. The largest absolute Gasteiger partial charge is 0.451 e. The van der Waals surface area contributed by atoms with Crippen LogP contribution in [0, 0.1) is 6.92 Å². The van der Waals surface area contributed by atoms with E-state index in [1.807, 2.05) is 0 Å². The summed E-state index contributed by atoms with van der Waals surface area (Å²) in [6, 6.07) is 8.01. The summed E-state index contributed by atoms with van der Waals surface area (Å²) in [4.78, 5) is 16.2. The van der Waals surface area contributed by atoms with Gasteiger partial charge in [-0.05, 0) is 50.1 Å². The number of furan rings is 1. The van der Waals surface area contributed by atoms with Crippen molar-refractivity contribution in [3.05, 3.63) is 54.0 Å². The molecule has 1 aliphatic carbocycles. The van der Waals surface area contributed by atoms with Crippen molar-refractivity contribution in [3.8, 4) is 0 Å². The number of nitrogens with one attached hydrogen (secondary N) is 2. The van der Waals surface area contributed by atoms with E-state index in [0.717, 1.165) is 12.8 Å². The molecule has 1 fully saturated rings. The van der Waals surface area contributed by atoms with Gasteiger partial charge in [0.1, 0.15) is 5.58 Å². The third-order valence-corrected chi connectivity index (χ3v) is 5.63. The first kappa shape index (κ1) is 16.6. The Labute approximate surface area is 150 Å². The summed E-state index contributed by atoms with van der Waals surface area (Å²) in [5.41, 5.74) is 1.47. The smallest absolute Gasteiger partial charge is 0.287 e. The topological polar surface area (TPSA) is 101 Å². The van der Waals surface area contributed by atoms with E-state index in [4.69, 9.17) is 4.42 Å². The Hall–Kier alpha value is -2.87. The Morgan fingerprint density at radius 3 is 2.77 bits per heavy atom. The monoisotopic (exact) mass is 371 g/mol. The van der Waals surface area contributed by atoms with Crippen molar-refractivity contribution in [2.24, 2.45) is 0 Å². The molecule has 0 radical (unpaired) electrons. The molecule has 1 saturated carbocycles. The molecule has 134 valence electrons. The number of carbonyl (C=O) groups excluding carboxylic acids is 1. The van der Waals surface area contributed by atoms with Crippen LogP contribution >= 0.6 is 0 Å². The molecule has 1 aromatic carbocycles. The number of nitrogens with zero attached hydrogens (tertiary/aromatic N) is 1. The second kappa shape index (κ2) is 6.14. The van der Waals surface area contributed by atoms with Crippen LogP contribution in [-0.2, 0) is 10.0 Å². The molecule has 4 rings (SSSR count). The first-order valence-electron chi connectivity index (χ1n) is 8.21. The lowest BCUT2D eigenvalue weighted by atomic mass is 10.1. The number of hydrogen-bond acceptors (Lipinski definition) is 5. The Morgan fingerprint density at radius 2 is 2.08 bits per heavy atom. The summed E-state index contributed by atoms with van der Waals surface area (Å²) >= 11 is 0. The molecular weight excluding hydrogens is 354 g/mol. The van der Waals surface area contributed by atoms with E-state index in [2.05, 4.69) is 15.0 Å². The third kappa shape index (κ3) is 3.15. The minimum atomic E-state index is -3.77. The van der Waals surface area contributed by atoms with Crippen LogP contribution in [0.5, 0.6) is 0 Å². The lowest BCUT2D eigenvalue weighted by Crippen LogP contribution is -2.25. The standard InChI is InChI=1S/C18H17N3O4S/c1-11-15-9-14(26(23,24)21-13-3-2-8-19-10-13)6-7-16(15)25-17(11)18(22)20-12-4-5-12/h2-3,6-10,12,21H,4-5H2,1H3,(H,20,22). The van der Waals surface area contributed by atoms with Gasteiger partial charge in [0.25, 0.3) is 15.9 Å². The Morgan fingerprint density at radius 1 is 1.27 bits per heavy atom. The maximum Gasteiger partial charge on any atom is 0.287 e. The van der Waals surface area contributed by atoms with E-state index in [9.17, 15) is 13.2 Å². The fraction of sp³-hybridized carbons (Fsp3) is 0.222. The van der Waals surface area contributed by atoms with Crippen molar-refractivity contribution >= 4 is 32.6 Å². The third-order valence-electron chi connectivity index (χ3n) is 4.25. The van der Waals surface area contributed by atoms with E-state index in [-0.39, 0.29) is 22.6 Å². The highest BCUT2D eigenvalue weighted by Gasteiger charge is 2.27. The number of carbonyl (C=O) groups is 1. The molecule has 2 aromatic heterocycles. The molecule has 1 amide bonds. The second-order valence-electron chi connectivity index (χ2n) is 6.31. The van der Waals surface area contributed by atoms with Gasteiger partial charge in [0, 0.05) is 23.2 Å². The lowest BCUT2D eigenvalue weighted by Gasteiger charge is -2.07. The van der Waals surface area contributed by atoms with E-state index >= 15 is 0 Å². The normalized spacial score (nSPS) is 14.3. The van der Waals surface area contributed by atoms with Gasteiger partial charge < -0.3 is 9.73 Å². The molecule has 0 saturated heterocycles. The maximum atomic E-state index is 12.6. The molecule has 8 heteroatoms. The van der Waals surface area contributed by atoms with Crippen LogP contribution in [0.2, 0.25) is 0 Å². The number of sulfonamides is 1. The summed E-state index contributed by atoms with van der Waals surface area (Å²) in [5.74, 6) is -0.0410. The molecule has 0 bridgehead atoms. The Kier molecular flexibility index (Phi) is 3.91. The summed E-state index contributed by atoms with van der Waals surface area (Å²) in [5, 5.41) is 3.48. The average Bonchev–Trinajstić information content (AvgIpc) is 3.37. The highest BCUT2D eigenvalue weighted by atomic mass is 32.2. The number of anilines is 1. The van der Waals surface area contributed by atoms with Gasteiger partial charge in [-0.15, -0.1) is 0 Å². The quantitative estimate of drug-likeness (QED) is 0.718. The number of amides is 1. The van der Waals surface area contributed by atoms with Crippen LogP contribution in [0.25, 0.3) is 11.0 Å². The van der Waals surface area contributed by atoms with Crippen LogP contribution in [0.3, 0.4) is 0 Å². The van der Waals surface area contributed by atoms with Crippen molar-refractivity contribution in [3.63, 3.8) is 0 Å². The van der Waals surface area contributed by atoms with Crippen LogP contribution in [0.1, 0.15) is 29.0 Å².